The summed E-state index contributed by atoms with van der Waals surface area (Å²) in [6, 6.07) is 7.36. The number of aromatic nitrogens is 3. The molecule has 1 unspecified atom stereocenters. The molecule has 4 rings (SSSR count). The van der Waals surface area contributed by atoms with Crippen LogP contribution in [-0.4, -0.2) is 50.1 Å². The molecule has 3 heterocycles. The summed E-state index contributed by atoms with van der Waals surface area (Å²) in [5.74, 6) is 6.15. The molecule has 2 aromatic heterocycles. The predicted octanol–water partition coefficient (Wildman–Crippen LogP) is 1.78. The quantitative estimate of drug-likeness (QED) is 0.650. The summed E-state index contributed by atoms with van der Waals surface area (Å²) in [7, 11) is 1.66. The zero-order chi connectivity index (χ0) is 20.6. The number of benzene rings is 1. The van der Waals surface area contributed by atoms with E-state index in [0.29, 0.717) is 35.7 Å². The number of likely N-dealkylation sites (N-methyl/N-ethyl adjacent to an activating group) is 1. The normalized spacial score (nSPS) is 18.7. The van der Waals surface area contributed by atoms with Crippen molar-refractivity contribution in [1.82, 2.24) is 19.9 Å². The fourth-order valence-electron chi connectivity index (χ4n) is 3.39. The summed E-state index contributed by atoms with van der Waals surface area (Å²) in [6.45, 7) is 2.54. The van der Waals surface area contributed by atoms with Gasteiger partial charge in [0.15, 0.2) is 5.82 Å². The third kappa shape index (κ3) is 3.39. The van der Waals surface area contributed by atoms with Crippen molar-refractivity contribution in [2.24, 2.45) is 0 Å². The molecule has 1 aliphatic heterocycles. The molecule has 3 aromatic rings. The van der Waals surface area contributed by atoms with Crippen molar-refractivity contribution >= 4 is 22.6 Å². The first-order chi connectivity index (χ1) is 13.9. The van der Waals surface area contributed by atoms with Gasteiger partial charge in [-0.1, -0.05) is 30.9 Å². The summed E-state index contributed by atoms with van der Waals surface area (Å²) in [5, 5.41) is 11.4. The van der Waals surface area contributed by atoms with E-state index in [1.54, 1.807) is 19.4 Å². The lowest BCUT2D eigenvalue weighted by atomic mass is 10.0. The SMILES string of the molecule is CCc1cnc(N)c2nc(-c3cccc(C#CC4(O)CCN(C)C4=O)c3)ncc12. The highest BCUT2D eigenvalue weighted by atomic mass is 16.3. The number of hydrogen-bond donors (Lipinski definition) is 2. The van der Waals surface area contributed by atoms with Crippen LogP contribution >= 0.6 is 0 Å². The number of pyridine rings is 1. The average Bonchev–Trinajstić information content (AvgIpc) is 3.00. The van der Waals surface area contributed by atoms with E-state index < -0.39 is 5.60 Å². The number of rotatable bonds is 2. The molecule has 7 heteroatoms. The van der Waals surface area contributed by atoms with Crippen LogP contribution < -0.4 is 5.73 Å². The molecule has 0 aliphatic carbocycles. The molecule has 1 amide bonds. The molecule has 1 aliphatic rings. The minimum atomic E-state index is -1.62. The van der Waals surface area contributed by atoms with Gasteiger partial charge in [-0.3, -0.25) is 4.79 Å². The van der Waals surface area contributed by atoms with Crippen LogP contribution in [0.5, 0.6) is 0 Å². The first-order valence-electron chi connectivity index (χ1n) is 9.43. The van der Waals surface area contributed by atoms with E-state index in [1.807, 2.05) is 31.2 Å². The van der Waals surface area contributed by atoms with E-state index >= 15 is 0 Å². The first kappa shape index (κ1) is 18.8. The number of fused-ring (bicyclic) bond motifs is 1. The number of nitrogens with two attached hydrogens (primary N) is 1. The molecule has 0 spiro atoms. The van der Waals surface area contributed by atoms with Crippen molar-refractivity contribution in [3.63, 3.8) is 0 Å². The van der Waals surface area contributed by atoms with Crippen LogP contribution in [0.3, 0.4) is 0 Å². The number of anilines is 1. The fraction of sp³-hybridized carbons (Fsp3) is 0.273. The highest BCUT2D eigenvalue weighted by molar-refractivity contribution is 5.91. The number of carbonyl (C=O) groups excluding carboxylic acids is 1. The van der Waals surface area contributed by atoms with Gasteiger partial charge in [-0.05, 0) is 24.1 Å². The summed E-state index contributed by atoms with van der Waals surface area (Å²) in [6.07, 6.45) is 4.63. The predicted molar refractivity (Wildman–Crippen MR) is 111 cm³/mol. The minimum Gasteiger partial charge on any atom is -0.382 e. The molecule has 29 heavy (non-hydrogen) atoms. The number of likely N-dealkylation sites (tertiary alicyclic amines) is 1. The maximum atomic E-state index is 12.1. The van der Waals surface area contributed by atoms with Gasteiger partial charge in [0.25, 0.3) is 5.91 Å². The van der Waals surface area contributed by atoms with E-state index in [-0.39, 0.29) is 5.91 Å². The topological polar surface area (TPSA) is 105 Å². The molecular formula is C22H21N5O2. The van der Waals surface area contributed by atoms with Gasteiger partial charge in [0.05, 0.1) is 0 Å². The Hall–Kier alpha value is -3.50. The third-order valence-electron chi connectivity index (χ3n) is 5.16. The van der Waals surface area contributed by atoms with Gasteiger partial charge >= 0.3 is 0 Å². The van der Waals surface area contributed by atoms with Crippen LogP contribution in [0.25, 0.3) is 22.3 Å². The van der Waals surface area contributed by atoms with Gasteiger partial charge in [-0.25, -0.2) is 15.0 Å². The first-order valence-corrected chi connectivity index (χ1v) is 9.43. The summed E-state index contributed by atoms with van der Waals surface area (Å²) in [4.78, 5) is 26.9. The Labute approximate surface area is 168 Å². The number of nitrogens with zero attached hydrogens (tertiary/aromatic N) is 4. The van der Waals surface area contributed by atoms with Crippen molar-refractivity contribution in [1.29, 1.82) is 0 Å². The highest BCUT2D eigenvalue weighted by Gasteiger charge is 2.42. The van der Waals surface area contributed by atoms with Crippen LogP contribution in [-0.2, 0) is 11.2 Å². The van der Waals surface area contributed by atoms with Crippen LogP contribution in [0.15, 0.2) is 36.7 Å². The molecule has 1 aromatic carbocycles. The molecule has 0 radical (unpaired) electrons. The van der Waals surface area contributed by atoms with Gasteiger partial charge in [0.1, 0.15) is 11.3 Å². The summed E-state index contributed by atoms with van der Waals surface area (Å²) >= 11 is 0. The van der Waals surface area contributed by atoms with E-state index in [0.717, 1.165) is 22.9 Å². The third-order valence-corrected chi connectivity index (χ3v) is 5.16. The van der Waals surface area contributed by atoms with Crippen LogP contribution in [0.2, 0.25) is 0 Å². The molecule has 1 atom stereocenters. The maximum Gasteiger partial charge on any atom is 0.267 e. The Kier molecular flexibility index (Phi) is 4.65. The van der Waals surface area contributed by atoms with E-state index in [2.05, 4.69) is 26.8 Å². The van der Waals surface area contributed by atoms with Crippen molar-refractivity contribution in [3.8, 4) is 23.2 Å². The molecule has 7 nitrogen and oxygen atoms in total. The maximum absolute atomic E-state index is 12.1. The van der Waals surface area contributed by atoms with Gasteiger partial charge in [-0.15, -0.1) is 0 Å². The molecule has 0 bridgehead atoms. The minimum absolute atomic E-state index is 0.300. The lowest BCUT2D eigenvalue weighted by molar-refractivity contribution is -0.137. The zero-order valence-corrected chi connectivity index (χ0v) is 16.3. The summed E-state index contributed by atoms with van der Waals surface area (Å²) < 4.78 is 0. The number of nitrogen functional groups attached to an aromatic ring is 1. The average molecular weight is 387 g/mol. The molecule has 146 valence electrons. The largest absolute Gasteiger partial charge is 0.382 e. The highest BCUT2D eigenvalue weighted by Crippen LogP contribution is 2.25. The number of carbonyl (C=O) groups is 1. The van der Waals surface area contributed by atoms with Gasteiger partial charge in [-0.2, -0.15) is 0 Å². The molecule has 3 N–H and O–H groups in total. The fourth-order valence-corrected chi connectivity index (χ4v) is 3.39. The Bertz CT molecular complexity index is 1180. The number of amides is 1. The zero-order valence-electron chi connectivity index (χ0n) is 16.3. The Balaban J connectivity index is 1.71. The molecule has 1 fully saturated rings. The van der Waals surface area contributed by atoms with Crippen molar-refractivity contribution in [2.75, 3.05) is 19.3 Å². The Morgan fingerprint density at radius 1 is 1.31 bits per heavy atom. The number of hydrogen-bond acceptors (Lipinski definition) is 6. The second kappa shape index (κ2) is 7.15. The smallest absolute Gasteiger partial charge is 0.267 e. The standard InChI is InChI=1S/C22H21N5O2/c1-3-15-12-24-19(23)18-17(15)13-25-20(26-18)16-6-4-5-14(11-16)7-8-22(29)9-10-27(2)21(22)28/h4-6,11-13,29H,3,9-10H2,1-2H3,(H2,23,24). The molecular weight excluding hydrogens is 366 g/mol. The molecule has 1 saturated heterocycles. The van der Waals surface area contributed by atoms with Gasteiger partial charge in [0, 0.05) is 48.9 Å². The second-order valence-electron chi connectivity index (χ2n) is 7.15. The Morgan fingerprint density at radius 2 is 2.14 bits per heavy atom. The number of aryl methyl sites for hydroxylation is 1. The second-order valence-corrected chi connectivity index (χ2v) is 7.15. The lowest BCUT2D eigenvalue weighted by Gasteiger charge is -2.13. The van der Waals surface area contributed by atoms with Gasteiger partial charge < -0.3 is 15.7 Å². The van der Waals surface area contributed by atoms with E-state index in [1.165, 1.54) is 4.90 Å². The van der Waals surface area contributed by atoms with Crippen molar-refractivity contribution in [2.45, 2.75) is 25.4 Å². The summed E-state index contributed by atoms with van der Waals surface area (Å²) in [5.41, 5.74) is 7.50. The van der Waals surface area contributed by atoms with Crippen molar-refractivity contribution < 1.29 is 9.90 Å². The monoisotopic (exact) mass is 387 g/mol. The van der Waals surface area contributed by atoms with Crippen LogP contribution in [0.4, 0.5) is 5.82 Å². The van der Waals surface area contributed by atoms with Crippen LogP contribution in [0, 0.1) is 11.8 Å². The van der Waals surface area contributed by atoms with Gasteiger partial charge in [0.2, 0.25) is 5.60 Å². The number of aliphatic hydroxyl groups is 1. The van der Waals surface area contributed by atoms with E-state index in [4.69, 9.17) is 5.73 Å². The lowest BCUT2D eigenvalue weighted by Crippen LogP contribution is -2.37. The molecule has 0 saturated carbocycles. The van der Waals surface area contributed by atoms with Crippen LogP contribution in [0.1, 0.15) is 24.5 Å². The van der Waals surface area contributed by atoms with Crippen molar-refractivity contribution in [3.05, 3.63) is 47.8 Å². The Morgan fingerprint density at radius 3 is 2.86 bits per heavy atom. The van der Waals surface area contributed by atoms with E-state index in [9.17, 15) is 9.90 Å².